The minimum Gasteiger partial charge on any atom is -0.343 e. The summed E-state index contributed by atoms with van der Waals surface area (Å²) in [6.45, 7) is 4.74. The van der Waals surface area contributed by atoms with E-state index < -0.39 is 0 Å². The zero-order valence-corrected chi connectivity index (χ0v) is 12.3. The lowest BCUT2D eigenvalue weighted by molar-refractivity contribution is -0.134. The molecule has 2 fully saturated rings. The van der Waals surface area contributed by atoms with Crippen molar-refractivity contribution in [2.45, 2.75) is 38.4 Å². The van der Waals surface area contributed by atoms with E-state index in [1.54, 1.807) is 11.8 Å². The highest BCUT2D eigenvalue weighted by Crippen LogP contribution is 2.15. The van der Waals surface area contributed by atoms with Gasteiger partial charge in [0.15, 0.2) is 0 Å². The Kier molecular flexibility index (Phi) is 5.75. The molecule has 18 heavy (non-hydrogen) atoms. The Morgan fingerprint density at radius 2 is 2.28 bits per heavy atom. The highest BCUT2D eigenvalue weighted by atomic mass is 35.5. The lowest BCUT2D eigenvalue weighted by Gasteiger charge is -2.21. The molecule has 104 valence electrons. The van der Waals surface area contributed by atoms with Crippen molar-refractivity contribution in [3.63, 3.8) is 0 Å². The molecule has 2 heterocycles. The van der Waals surface area contributed by atoms with Crippen molar-refractivity contribution in [2.24, 2.45) is 0 Å². The van der Waals surface area contributed by atoms with E-state index in [2.05, 4.69) is 10.6 Å². The van der Waals surface area contributed by atoms with Gasteiger partial charge < -0.3 is 10.2 Å². The summed E-state index contributed by atoms with van der Waals surface area (Å²) in [7, 11) is 0. The fraction of sp³-hybridized carbons (Fsp3) is 0.818. The molecular formula is C11H20ClN3O2S. The zero-order valence-electron chi connectivity index (χ0n) is 10.6. The van der Waals surface area contributed by atoms with E-state index in [0.717, 1.165) is 24.6 Å². The maximum atomic E-state index is 12.0. The predicted octanol–water partition coefficient (Wildman–Crippen LogP) is 0.196. The van der Waals surface area contributed by atoms with E-state index in [-0.39, 0.29) is 42.3 Å². The molecule has 2 rings (SSSR count). The maximum Gasteiger partial charge on any atom is 0.245 e. The minimum atomic E-state index is -0.322. The lowest BCUT2D eigenvalue weighted by atomic mass is 10.2. The Bertz CT molecular complexity index is 321. The molecule has 0 spiro atoms. The molecular weight excluding hydrogens is 274 g/mol. The molecule has 2 atom stereocenters. The zero-order chi connectivity index (χ0) is 12.4. The summed E-state index contributed by atoms with van der Waals surface area (Å²) in [6, 6.07) is -0.247. The molecule has 0 saturated carbocycles. The summed E-state index contributed by atoms with van der Waals surface area (Å²) in [6.07, 6.45) is 0.725. The minimum absolute atomic E-state index is 0. The van der Waals surface area contributed by atoms with E-state index in [0.29, 0.717) is 0 Å². The molecule has 0 aliphatic carbocycles. The molecule has 0 aromatic heterocycles. The molecule has 2 aliphatic heterocycles. The van der Waals surface area contributed by atoms with Crippen LogP contribution < -0.4 is 10.6 Å². The summed E-state index contributed by atoms with van der Waals surface area (Å²) in [4.78, 5) is 25.7. The fourth-order valence-corrected chi connectivity index (χ4v) is 3.13. The normalized spacial score (nSPS) is 27.5. The number of rotatable bonds is 3. The first-order valence-corrected chi connectivity index (χ1v) is 7.17. The van der Waals surface area contributed by atoms with Gasteiger partial charge in [-0.15, -0.1) is 24.2 Å². The first kappa shape index (κ1) is 15.6. The number of hydrogen-bond acceptors (Lipinski definition) is 4. The van der Waals surface area contributed by atoms with Crippen molar-refractivity contribution in [2.75, 3.05) is 18.2 Å². The van der Waals surface area contributed by atoms with Crippen molar-refractivity contribution in [3.8, 4) is 0 Å². The average Bonchev–Trinajstić information content (AvgIpc) is 2.89. The largest absolute Gasteiger partial charge is 0.343 e. The molecule has 0 aromatic carbocycles. The Balaban J connectivity index is 0.00000162. The standard InChI is InChI=1S/C11H19N3O2S.ClH/c1-7(2)14-4-3-8(11(14)16)13-10(15)9-5-17-6-12-9;/h7-9,12H,3-6H2,1-2H3,(H,13,15);1H. The van der Waals surface area contributed by atoms with Crippen LogP contribution in [0.15, 0.2) is 0 Å². The number of likely N-dealkylation sites (tertiary alicyclic amines) is 1. The van der Waals surface area contributed by atoms with Gasteiger partial charge >= 0.3 is 0 Å². The van der Waals surface area contributed by atoms with Gasteiger partial charge in [0.25, 0.3) is 0 Å². The van der Waals surface area contributed by atoms with Crippen molar-refractivity contribution in [1.82, 2.24) is 15.5 Å². The van der Waals surface area contributed by atoms with Crippen LogP contribution in [0.2, 0.25) is 0 Å². The van der Waals surface area contributed by atoms with Crippen molar-refractivity contribution >= 4 is 36.0 Å². The topological polar surface area (TPSA) is 61.4 Å². The Hall–Kier alpha value is -0.460. The molecule has 5 nitrogen and oxygen atoms in total. The van der Waals surface area contributed by atoms with Gasteiger partial charge in [0.05, 0.1) is 6.04 Å². The summed E-state index contributed by atoms with van der Waals surface area (Å²) >= 11 is 1.71. The van der Waals surface area contributed by atoms with Gasteiger partial charge in [0.1, 0.15) is 6.04 Å². The Labute approximate surface area is 118 Å². The Morgan fingerprint density at radius 3 is 2.78 bits per heavy atom. The van der Waals surface area contributed by atoms with Crippen LogP contribution in [0, 0.1) is 0 Å². The molecule has 2 aliphatic rings. The van der Waals surface area contributed by atoms with Gasteiger partial charge in [-0.2, -0.15) is 0 Å². The smallest absolute Gasteiger partial charge is 0.245 e. The second kappa shape index (κ2) is 6.63. The van der Waals surface area contributed by atoms with Crippen LogP contribution in [0.5, 0.6) is 0 Å². The summed E-state index contributed by atoms with van der Waals surface area (Å²) in [5.41, 5.74) is 0. The third-order valence-electron chi connectivity index (χ3n) is 3.21. The van der Waals surface area contributed by atoms with E-state index in [1.807, 2.05) is 18.7 Å². The number of amides is 2. The van der Waals surface area contributed by atoms with Crippen LogP contribution in [-0.2, 0) is 9.59 Å². The molecule has 0 aromatic rings. The third-order valence-corrected chi connectivity index (χ3v) is 4.15. The van der Waals surface area contributed by atoms with E-state index in [4.69, 9.17) is 0 Å². The van der Waals surface area contributed by atoms with Crippen molar-refractivity contribution < 1.29 is 9.59 Å². The number of halogens is 1. The van der Waals surface area contributed by atoms with Crippen LogP contribution in [0.1, 0.15) is 20.3 Å². The van der Waals surface area contributed by atoms with Gasteiger partial charge in [0.2, 0.25) is 11.8 Å². The first-order valence-electron chi connectivity index (χ1n) is 6.01. The van der Waals surface area contributed by atoms with E-state index >= 15 is 0 Å². The maximum absolute atomic E-state index is 12.0. The molecule has 2 saturated heterocycles. The fourth-order valence-electron chi connectivity index (χ4n) is 2.18. The number of thioether (sulfide) groups is 1. The number of carbonyl (C=O) groups is 2. The van der Waals surface area contributed by atoms with Crippen LogP contribution in [0.4, 0.5) is 0 Å². The van der Waals surface area contributed by atoms with Crippen LogP contribution in [-0.4, -0.2) is 53.0 Å². The second-order valence-electron chi connectivity index (χ2n) is 4.75. The van der Waals surface area contributed by atoms with Gasteiger partial charge in [-0.05, 0) is 20.3 Å². The highest BCUT2D eigenvalue weighted by molar-refractivity contribution is 7.99. The van der Waals surface area contributed by atoms with Gasteiger partial charge in [-0.25, -0.2) is 0 Å². The van der Waals surface area contributed by atoms with Gasteiger partial charge in [-0.3, -0.25) is 14.9 Å². The molecule has 2 amide bonds. The quantitative estimate of drug-likeness (QED) is 0.780. The average molecular weight is 294 g/mol. The van der Waals surface area contributed by atoms with Crippen molar-refractivity contribution in [1.29, 1.82) is 0 Å². The summed E-state index contributed by atoms with van der Waals surface area (Å²) in [5, 5.41) is 5.95. The number of hydrogen-bond donors (Lipinski definition) is 2. The van der Waals surface area contributed by atoms with E-state index in [9.17, 15) is 9.59 Å². The second-order valence-corrected chi connectivity index (χ2v) is 5.78. The summed E-state index contributed by atoms with van der Waals surface area (Å²) in [5.74, 6) is 1.62. The first-order chi connectivity index (χ1) is 8.09. The molecule has 0 radical (unpaired) electrons. The van der Waals surface area contributed by atoms with Crippen LogP contribution in [0.25, 0.3) is 0 Å². The lowest BCUT2D eigenvalue weighted by Crippen LogP contribution is -2.49. The predicted molar refractivity (Wildman–Crippen MR) is 74.9 cm³/mol. The van der Waals surface area contributed by atoms with Gasteiger partial charge in [-0.1, -0.05) is 0 Å². The monoisotopic (exact) mass is 293 g/mol. The van der Waals surface area contributed by atoms with Crippen LogP contribution in [0.3, 0.4) is 0 Å². The third kappa shape index (κ3) is 3.30. The van der Waals surface area contributed by atoms with Crippen LogP contribution >= 0.6 is 24.2 Å². The molecule has 2 N–H and O–H groups in total. The SMILES string of the molecule is CC(C)N1CCC(NC(=O)C2CSCN2)C1=O.Cl. The number of nitrogens with zero attached hydrogens (tertiary/aromatic N) is 1. The van der Waals surface area contributed by atoms with Crippen molar-refractivity contribution in [3.05, 3.63) is 0 Å². The highest BCUT2D eigenvalue weighted by Gasteiger charge is 2.35. The Morgan fingerprint density at radius 1 is 1.56 bits per heavy atom. The molecule has 0 bridgehead atoms. The molecule has 7 heteroatoms. The number of carbonyl (C=O) groups excluding carboxylic acids is 2. The van der Waals surface area contributed by atoms with E-state index in [1.165, 1.54) is 0 Å². The molecule has 2 unspecified atom stereocenters. The van der Waals surface area contributed by atoms with Gasteiger partial charge in [0, 0.05) is 24.2 Å². The summed E-state index contributed by atoms with van der Waals surface area (Å²) < 4.78 is 0. The number of nitrogens with one attached hydrogen (secondary N) is 2.